The molecule has 1 aliphatic rings. The van der Waals surface area contributed by atoms with E-state index in [0.29, 0.717) is 63.1 Å². The number of halogens is 7. The number of hydrogen-bond donors (Lipinski definition) is 2. The number of aromatic nitrogens is 4. The van der Waals surface area contributed by atoms with Crippen molar-refractivity contribution in [3.63, 3.8) is 0 Å². The molecule has 1 saturated heterocycles. The number of phenols is 1. The van der Waals surface area contributed by atoms with Crippen molar-refractivity contribution in [1.29, 1.82) is 0 Å². The highest BCUT2D eigenvalue weighted by atomic mass is 79.9. The summed E-state index contributed by atoms with van der Waals surface area (Å²) in [4.78, 5) is 46.3. The largest absolute Gasteiger partial charge is 0.508 e. The van der Waals surface area contributed by atoms with Gasteiger partial charge >= 0.3 is 24.4 Å². The number of benzene rings is 5. The number of carboxylic acids is 1. The zero-order valence-electron chi connectivity index (χ0n) is 42.9. The van der Waals surface area contributed by atoms with Crippen LogP contribution in [0.3, 0.4) is 0 Å². The molecular weight excluding hydrogens is 1140 g/mol. The van der Waals surface area contributed by atoms with E-state index in [2.05, 4.69) is 36.2 Å². The molecule has 10 rings (SSSR count). The fourth-order valence-electron chi connectivity index (χ4n) is 8.46. The van der Waals surface area contributed by atoms with Crippen LogP contribution in [0.15, 0.2) is 170 Å². The summed E-state index contributed by atoms with van der Waals surface area (Å²) in [5.41, 5.74) is 4.45. The maximum absolute atomic E-state index is 13.1. The molecule has 5 heterocycles. The predicted octanol–water partition coefficient (Wildman–Crippen LogP) is 13.9. The molecular formula is C58H48BrF6N5O11. The number of aliphatic carboxylic acids is 1. The zero-order chi connectivity index (χ0) is 57.8. The van der Waals surface area contributed by atoms with Gasteiger partial charge < -0.3 is 37.6 Å². The molecule has 420 valence electrons. The molecule has 1 aliphatic heterocycles. The Kier molecular flexibility index (Phi) is 18.6. The molecule has 2 N–H and O–H groups in total. The van der Waals surface area contributed by atoms with Crippen LogP contribution in [0.1, 0.15) is 86.8 Å². The summed E-state index contributed by atoms with van der Waals surface area (Å²) in [5.74, 6) is 0.110. The van der Waals surface area contributed by atoms with E-state index in [-0.39, 0.29) is 49.6 Å². The maximum Gasteiger partial charge on any atom is 0.416 e. The molecule has 0 unspecified atom stereocenters. The lowest BCUT2D eigenvalue weighted by atomic mass is 9.91. The topological polar surface area (TPSA) is 217 Å². The second-order valence-electron chi connectivity index (χ2n) is 18.2. The molecule has 0 radical (unpaired) electrons. The molecule has 5 aromatic carbocycles. The van der Waals surface area contributed by atoms with E-state index in [1.54, 1.807) is 74.5 Å². The number of cyclic esters (lactones) is 1. The van der Waals surface area contributed by atoms with Crippen LogP contribution in [-0.4, -0.2) is 66.0 Å². The van der Waals surface area contributed by atoms with Gasteiger partial charge in [-0.15, -0.1) is 0 Å². The lowest BCUT2D eigenvalue weighted by Crippen LogP contribution is -2.40. The van der Waals surface area contributed by atoms with Crippen molar-refractivity contribution in [1.82, 2.24) is 25.2 Å². The highest BCUT2D eigenvalue weighted by Gasteiger charge is 2.39. The SMILES string of the molecule is Cc1nc(-c2ccc(C(F)(F)F)cc2)oc1CBr.Cc1nc(-c2ccc(C(F)(F)F)cc2)oc1COc1ccc([C@H](CC(=O)O)c2ccon2)cc1.O=C(C[C@@H](c1ccc(O)cc1)c1ccon1)N1C(=O)OC[C@@H]1Cc1ccccc1. The highest BCUT2D eigenvalue weighted by molar-refractivity contribution is 9.08. The van der Waals surface area contributed by atoms with Gasteiger partial charge in [-0.25, -0.2) is 19.7 Å². The van der Waals surface area contributed by atoms with Crippen LogP contribution in [0.5, 0.6) is 11.5 Å². The number of aryl methyl sites for hydroxylation is 2. The fraction of sp³-hybridized carbons (Fsp3) is 0.224. The van der Waals surface area contributed by atoms with Gasteiger partial charge in [0.15, 0.2) is 5.76 Å². The summed E-state index contributed by atoms with van der Waals surface area (Å²) in [6.45, 7) is 3.73. The smallest absolute Gasteiger partial charge is 0.416 e. The molecule has 9 aromatic rings. The van der Waals surface area contributed by atoms with Gasteiger partial charge in [-0.05, 0) is 110 Å². The van der Waals surface area contributed by atoms with Crippen molar-refractivity contribution >= 4 is 33.9 Å². The Labute approximate surface area is 466 Å². The highest BCUT2D eigenvalue weighted by Crippen LogP contribution is 2.35. The third-order valence-electron chi connectivity index (χ3n) is 12.7. The number of nitrogens with zero attached hydrogens (tertiary/aromatic N) is 5. The van der Waals surface area contributed by atoms with Crippen molar-refractivity contribution in [2.75, 3.05) is 6.61 Å². The van der Waals surface area contributed by atoms with Crippen LogP contribution < -0.4 is 4.74 Å². The molecule has 0 bridgehead atoms. The fourth-order valence-corrected chi connectivity index (χ4v) is 8.98. The molecule has 2 amide bonds. The number of hydrogen-bond acceptors (Lipinski definition) is 14. The van der Waals surface area contributed by atoms with Gasteiger partial charge in [-0.2, -0.15) is 26.3 Å². The number of rotatable bonds is 16. The summed E-state index contributed by atoms with van der Waals surface area (Å²) in [6.07, 6.45) is -6.12. The Hall–Kier alpha value is -8.99. The van der Waals surface area contributed by atoms with Gasteiger partial charge in [0.2, 0.25) is 17.7 Å². The van der Waals surface area contributed by atoms with Gasteiger partial charge in [0.1, 0.15) is 43.0 Å². The average Bonchev–Trinajstić information content (AvgIpc) is 4.34. The third kappa shape index (κ3) is 15.2. The van der Waals surface area contributed by atoms with Gasteiger partial charge in [-0.3, -0.25) is 9.59 Å². The Morgan fingerprint density at radius 3 is 1.64 bits per heavy atom. The molecule has 81 heavy (non-hydrogen) atoms. The third-order valence-corrected chi connectivity index (χ3v) is 13.2. The van der Waals surface area contributed by atoms with Crippen LogP contribution in [0.4, 0.5) is 31.1 Å². The molecule has 0 saturated carbocycles. The van der Waals surface area contributed by atoms with Crippen molar-refractivity contribution in [3.05, 3.63) is 214 Å². The first-order valence-electron chi connectivity index (χ1n) is 24.6. The van der Waals surface area contributed by atoms with Gasteiger partial charge in [0.05, 0.1) is 51.7 Å². The van der Waals surface area contributed by atoms with E-state index in [1.807, 2.05) is 30.3 Å². The number of carbonyl (C=O) groups is 3. The first-order chi connectivity index (χ1) is 38.7. The van der Waals surface area contributed by atoms with E-state index in [4.69, 9.17) is 27.4 Å². The van der Waals surface area contributed by atoms with Crippen molar-refractivity contribution < 1.29 is 78.3 Å². The Morgan fingerprint density at radius 1 is 0.679 bits per heavy atom. The summed E-state index contributed by atoms with van der Waals surface area (Å²) in [5, 5.41) is 27.1. The number of phenolic OH excluding ortho intramolecular Hbond substituents is 1. The molecule has 23 heteroatoms. The quantitative estimate of drug-likeness (QED) is 0.0679. The molecule has 0 aliphatic carbocycles. The number of carbonyl (C=O) groups excluding carboxylic acids is 2. The van der Waals surface area contributed by atoms with Crippen LogP contribution in [0.2, 0.25) is 0 Å². The first-order valence-corrected chi connectivity index (χ1v) is 25.8. The standard InChI is InChI=1S/C24H19F3N2O5.C22H20N2O5.C12H9BrF3NO/c1-14-21(34-23(28-14)16-2-6-17(7-3-16)24(25,26)27)13-32-18-8-4-15(5-9-18)19(12-22(30)31)20-10-11-33-29-20;25-18-8-6-16(7-9-18)19(20-10-11-29-23-20)13-21(26)24-17(14-28-22(24)27)12-15-4-2-1-3-5-15;1-7-10(6-13)18-11(17-7)8-2-4-9(5-3-8)12(14,15)16/h2-11,19H,12-13H2,1H3,(H,30,31);1-11,17,19,25H,12-14H2;2-5H,6H2,1H3/t19-;17-,19-;/m00./s1. The van der Waals surface area contributed by atoms with Gasteiger partial charge in [0, 0.05) is 41.5 Å². The van der Waals surface area contributed by atoms with Crippen LogP contribution in [0, 0.1) is 13.8 Å². The van der Waals surface area contributed by atoms with Crippen molar-refractivity contribution in [3.8, 4) is 34.4 Å². The van der Waals surface area contributed by atoms with E-state index < -0.39 is 47.4 Å². The van der Waals surface area contributed by atoms with E-state index in [9.17, 15) is 50.9 Å². The maximum atomic E-state index is 13.1. The molecule has 1 fully saturated rings. The molecule has 16 nitrogen and oxygen atoms in total. The molecule has 3 atom stereocenters. The van der Waals surface area contributed by atoms with E-state index in [0.717, 1.165) is 46.6 Å². The summed E-state index contributed by atoms with van der Waals surface area (Å²) in [6, 6.07) is 35.4. The summed E-state index contributed by atoms with van der Waals surface area (Å²) < 4.78 is 107. The number of imide groups is 1. The van der Waals surface area contributed by atoms with Crippen molar-refractivity contribution in [2.45, 2.75) is 75.3 Å². The molecule has 0 spiro atoms. The Balaban J connectivity index is 0.000000167. The minimum Gasteiger partial charge on any atom is -0.508 e. The van der Waals surface area contributed by atoms with Crippen LogP contribution in [-0.2, 0) is 45.0 Å². The monoisotopic (exact) mass is 1180 g/mol. The van der Waals surface area contributed by atoms with Gasteiger partial charge in [-0.1, -0.05) is 80.8 Å². The van der Waals surface area contributed by atoms with Gasteiger partial charge in [0.25, 0.3) is 0 Å². The number of oxazole rings is 2. The number of carboxylic acid groups (broad SMARTS) is 1. The Bertz CT molecular complexity index is 3480. The van der Waals surface area contributed by atoms with Crippen LogP contribution >= 0.6 is 15.9 Å². The molecule has 4 aromatic heterocycles. The van der Waals surface area contributed by atoms with E-state index >= 15 is 0 Å². The van der Waals surface area contributed by atoms with E-state index in [1.165, 1.54) is 41.7 Å². The summed E-state index contributed by atoms with van der Waals surface area (Å²) >= 11 is 3.25. The lowest BCUT2D eigenvalue weighted by molar-refractivity contribution is -0.138. The number of alkyl halides is 7. The average molecular weight is 1180 g/mol. The summed E-state index contributed by atoms with van der Waals surface area (Å²) in [7, 11) is 0. The predicted molar refractivity (Wildman–Crippen MR) is 281 cm³/mol. The van der Waals surface area contributed by atoms with Crippen molar-refractivity contribution in [2.24, 2.45) is 0 Å². The first kappa shape index (κ1) is 58.2. The number of amides is 2. The second kappa shape index (κ2) is 25.9. The normalized spacial score (nSPS) is 14.0. The second-order valence-corrected chi connectivity index (χ2v) is 18.8. The zero-order valence-corrected chi connectivity index (χ0v) is 44.4. The Morgan fingerprint density at radius 2 is 1.17 bits per heavy atom. The minimum atomic E-state index is -4.41. The van der Waals surface area contributed by atoms with Crippen LogP contribution in [0.25, 0.3) is 22.9 Å². The minimum absolute atomic E-state index is 0.0255. The number of ether oxygens (including phenoxy) is 2. The number of aromatic hydroxyl groups is 1. The lowest BCUT2D eigenvalue weighted by Gasteiger charge is -2.22.